The van der Waals surface area contributed by atoms with Gasteiger partial charge in [-0.3, -0.25) is 14.3 Å². The van der Waals surface area contributed by atoms with E-state index in [1.54, 1.807) is 21.8 Å². The third-order valence-electron chi connectivity index (χ3n) is 5.13. The first-order valence-electron chi connectivity index (χ1n) is 10.1. The predicted molar refractivity (Wildman–Crippen MR) is 112 cm³/mol. The van der Waals surface area contributed by atoms with E-state index in [0.29, 0.717) is 12.1 Å². The number of nitrogens with one attached hydrogen (secondary N) is 1. The number of carbonyl (C=O) groups excluding carboxylic acids is 1. The highest BCUT2D eigenvalue weighted by atomic mass is 16.5. The number of rotatable bonds is 6. The van der Waals surface area contributed by atoms with Crippen LogP contribution in [0, 0.1) is 0 Å². The second-order valence-corrected chi connectivity index (χ2v) is 7.56. The lowest BCUT2D eigenvalue weighted by Gasteiger charge is -2.22. The van der Waals surface area contributed by atoms with Crippen LogP contribution in [0.5, 0.6) is 0 Å². The Hall–Kier alpha value is -3.26. The van der Waals surface area contributed by atoms with Crippen LogP contribution >= 0.6 is 0 Å². The van der Waals surface area contributed by atoms with Gasteiger partial charge in [0.1, 0.15) is 17.5 Å². The number of carbonyl (C=O) groups is 1. The van der Waals surface area contributed by atoms with E-state index in [1.807, 2.05) is 37.5 Å². The Bertz CT molecular complexity index is 1080. The molecule has 30 heavy (non-hydrogen) atoms. The Balaban J connectivity index is 1.45. The Morgan fingerprint density at radius 1 is 1.23 bits per heavy atom. The van der Waals surface area contributed by atoms with Gasteiger partial charge < -0.3 is 10.1 Å². The second kappa shape index (κ2) is 9.04. The van der Waals surface area contributed by atoms with Gasteiger partial charge >= 0.3 is 5.97 Å². The molecule has 0 atom stereocenters. The number of aryl methyl sites for hydroxylation is 1. The smallest absolute Gasteiger partial charge is 0.310 e. The van der Waals surface area contributed by atoms with Gasteiger partial charge in [0.15, 0.2) is 0 Å². The molecule has 8 nitrogen and oxygen atoms in total. The number of ether oxygens (including phenoxy) is 1. The van der Waals surface area contributed by atoms with Gasteiger partial charge in [-0.1, -0.05) is 24.3 Å². The fourth-order valence-corrected chi connectivity index (χ4v) is 3.59. The Morgan fingerprint density at radius 2 is 2.03 bits per heavy atom. The summed E-state index contributed by atoms with van der Waals surface area (Å²) >= 11 is 0. The molecule has 4 rings (SSSR count). The second-order valence-electron chi connectivity index (χ2n) is 7.56. The average Bonchev–Trinajstić information content (AvgIpc) is 3.17. The molecule has 3 heterocycles. The zero-order chi connectivity index (χ0) is 20.9. The fourth-order valence-electron chi connectivity index (χ4n) is 3.59. The molecule has 0 bridgehead atoms. The molecule has 0 amide bonds. The summed E-state index contributed by atoms with van der Waals surface area (Å²) in [5, 5.41) is 11.9. The maximum absolute atomic E-state index is 12.3. The van der Waals surface area contributed by atoms with Crippen LogP contribution in [0.4, 0.5) is 0 Å². The van der Waals surface area contributed by atoms with Crippen molar-refractivity contribution in [2.75, 3.05) is 13.1 Å². The lowest BCUT2D eigenvalue weighted by Crippen LogP contribution is -2.34. The van der Waals surface area contributed by atoms with Crippen LogP contribution in [0.2, 0.25) is 0 Å². The highest BCUT2D eigenvalue weighted by molar-refractivity contribution is 5.72. The minimum atomic E-state index is -0.212. The van der Waals surface area contributed by atoms with E-state index in [1.165, 1.54) is 6.07 Å². The van der Waals surface area contributed by atoms with E-state index in [0.717, 1.165) is 42.7 Å². The van der Waals surface area contributed by atoms with Crippen molar-refractivity contribution in [2.45, 2.75) is 31.8 Å². The van der Waals surface area contributed by atoms with E-state index < -0.39 is 0 Å². The molecule has 1 saturated heterocycles. The first kappa shape index (κ1) is 20.0. The lowest BCUT2D eigenvalue weighted by atomic mass is 10.0. The number of benzene rings is 1. The molecule has 1 aliphatic rings. The van der Waals surface area contributed by atoms with Gasteiger partial charge in [0, 0.05) is 25.7 Å². The van der Waals surface area contributed by atoms with Crippen LogP contribution in [-0.2, 0) is 29.4 Å². The monoisotopic (exact) mass is 407 g/mol. The molecule has 0 spiro atoms. The SMILES string of the molecule is Cn1cc(-n2ccc(=O)c(Cc3cccc(CC(=O)OC4CCNCC4)c3)n2)cn1. The zero-order valence-corrected chi connectivity index (χ0v) is 17.0. The third kappa shape index (κ3) is 5.01. The number of hydrogen-bond donors (Lipinski definition) is 1. The summed E-state index contributed by atoms with van der Waals surface area (Å²) in [6.45, 7) is 1.77. The summed E-state index contributed by atoms with van der Waals surface area (Å²) in [7, 11) is 1.83. The van der Waals surface area contributed by atoms with Gasteiger partial charge in [0.05, 0.1) is 18.8 Å². The van der Waals surface area contributed by atoms with E-state index >= 15 is 0 Å². The van der Waals surface area contributed by atoms with Crippen molar-refractivity contribution in [1.82, 2.24) is 24.9 Å². The van der Waals surface area contributed by atoms with Crippen LogP contribution in [0.3, 0.4) is 0 Å². The first-order chi connectivity index (χ1) is 14.6. The number of piperidine rings is 1. The molecule has 3 aromatic rings. The minimum absolute atomic E-state index is 0.00129. The summed E-state index contributed by atoms with van der Waals surface area (Å²) in [4.78, 5) is 24.6. The van der Waals surface area contributed by atoms with Crippen molar-refractivity contribution in [2.24, 2.45) is 7.05 Å². The number of aromatic nitrogens is 4. The van der Waals surface area contributed by atoms with Gasteiger partial charge in [0.2, 0.25) is 5.43 Å². The highest BCUT2D eigenvalue weighted by Gasteiger charge is 2.17. The van der Waals surface area contributed by atoms with E-state index in [-0.39, 0.29) is 23.9 Å². The van der Waals surface area contributed by atoms with Gasteiger partial charge in [-0.15, -0.1) is 0 Å². The normalized spacial score (nSPS) is 14.6. The first-order valence-corrected chi connectivity index (χ1v) is 10.1. The third-order valence-corrected chi connectivity index (χ3v) is 5.13. The molecule has 0 saturated carbocycles. The maximum Gasteiger partial charge on any atom is 0.310 e. The fraction of sp³-hybridized carbons (Fsp3) is 0.364. The summed E-state index contributed by atoms with van der Waals surface area (Å²) in [5.41, 5.74) is 2.90. The standard InChI is InChI=1S/C22H25N5O3/c1-26-15-18(14-24-26)27-10-7-21(28)20(25-27)12-16-3-2-4-17(11-16)13-22(29)30-19-5-8-23-9-6-19/h2-4,7,10-11,14-15,19,23H,5-6,8-9,12-13H2,1H3. The average molecular weight is 407 g/mol. The molecule has 2 aromatic heterocycles. The summed E-state index contributed by atoms with van der Waals surface area (Å²) in [5.74, 6) is -0.212. The molecule has 0 unspecified atom stereocenters. The van der Waals surface area contributed by atoms with E-state index in [2.05, 4.69) is 15.5 Å². The van der Waals surface area contributed by atoms with Crippen molar-refractivity contribution in [3.05, 3.63) is 76.0 Å². The van der Waals surface area contributed by atoms with Crippen molar-refractivity contribution < 1.29 is 9.53 Å². The van der Waals surface area contributed by atoms with Gasteiger partial charge in [-0.05, 0) is 37.1 Å². The summed E-state index contributed by atoms with van der Waals surface area (Å²) in [6.07, 6.45) is 7.48. The number of nitrogens with zero attached hydrogens (tertiary/aromatic N) is 4. The van der Waals surface area contributed by atoms with Gasteiger partial charge in [-0.2, -0.15) is 10.2 Å². The van der Waals surface area contributed by atoms with Crippen molar-refractivity contribution in [3.8, 4) is 5.69 Å². The van der Waals surface area contributed by atoms with Crippen molar-refractivity contribution >= 4 is 5.97 Å². The quantitative estimate of drug-likeness (QED) is 0.621. The van der Waals surface area contributed by atoms with Crippen LogP contribution in [-0.4, -0.2) is 44.7 Å². The molecule has 8 heteroatoms. The van der Waals surface area contributed by atoms with Crippen LogP contribution in [0.25, 0.3) is 5.69 Å². The van der Waals surface area contributed by atoms with Gasteiger partial charge in [-0.25, -0.2) is 4.68 Å². The van der Waals surface area contributed by atoms with Crippen LogP contribution in [0.15, 0.2) is 53.7 Å². The van der Waals surface area contributed by atoms with Gasteiger partial charge in [0.25, 0.3) is 0 Å². The predicted octanol–water partition coefficient (Wildman–Crippen LogP) is 1.39. The molecule has 1 N–H and O–H groups in total. The molecule has 156 valence electrons. The highest BCUT2D eigenvalue weighted by Crippen LogP contribution is 2.13. The summed E-state index contributed by atoms with van der Waals surface area (Å²) < 4.78 is 8.91. The molecular formula is C22H25N5O3. The lowest BCUT2D eigenvalue weighted by molar-refractivity contribution is -0.149. The number of hydrogen-bond acceptors (Lipinski definition) is 6. The summed E-state index contributed by atoms with van der Waals surface area (Å²) in [6, 6.07) is 9.18. The van der Waals surface area contributed by atoms with Crippen LogP contribution in [0.1, 0.15) is 29.7 Å². The van der Waals surface area contributed by atoms with Crippen molar-refractivity contribution in [1.29, 1.82) is 0 Å². The maximum atomic E-state index is 12.3. The molecule has 0 aliphatic carbocycles. The Labute approximate surface area is 174 Å². The molecule has 0 radical (unpaired) electrons. The van der Waals surface area contributed by atoms with Crippen LogP contribution < -0.4 is 10.7 Å². The zero-order valence-electron chi connectivity index (χ0n) is 17.0. The topological polar surface area (TPSA) is 91.0 Å². The molecule has 1 fully saturated rings. The molecule has 1 aliphatic heterocycles. The Morgan fingerprint density at radius 3 is 2.80 bits per heavy atom. The largest absolute Gasteiger partial charge is 0.462 e. The van der Waals surface area contributed by atoms with E-state index in [9.17, 15) is 9.59 Å². The van der Waals surface area contributed by atoms with Crippen molar-refractivity contribution in [3.63, 3.8) is 0 Å². The molecular weight excluding hydrogens is 382 g/mol. The van der Waals surface area contributed by atoms with E-state index in [4.69, 9.17) is 4.74 Å². The Kier molecular flexibility index (Phi) is 6.04. The number of esters is 1. The molecule has 1 aromatic carbocycles. The minimum Gasteiger partial charge on any atom is -0.462 e.